The van der Waals surface area contributed by atoms with Crippen LogP contribution in [-0.2, 0) is 0 Å². The molecule has 0 amide bonds. The van der Waals surface area contributed by atoms with E-state index in [0.717, 1.165) is 33.8 Å². The Hall–Kier alpha value is -2.29. The number of hydrogen-bond donors (Lipinski definition) is 1. The molecule has 0 aliphatic rings. The lowest BCUT2D eigenvalue weighted by Gasteiger charge is -2.02. The number of rotatable bonds is 1. The summed E-state index contributed by atoms with van der Waals surface area (Å²) in [7, 11) is 0. The summed E-state index contributed by atoms with van der Waals surface area (Å²) in [5, 5.41) is 0. The van der Waals surface area contributed by atoms with Gasteiger partial charge in [0, 0.05) is 17.5 Å². The third-order valence-electron chi connectivity index (χ3n) is 3.61. The van der Waals surface area contributed by atoms with Crippen LogP contribution in [-0.4, -0.2) is 9.38 Å². The molecule has 0 aliphatic heterocycles. The van der Waals surface area contributed by atoms with Crippen molar-refractivity contribution in [1.82, 2.24) is 9.38 Å². The van der Waals surface area contributed by atoms with Crippen LogP contribution in [0.1, 0.15) is 16.8 Å². The Morgan fingerprint density at radius 1 is 1.00 bits per heavy atom. The van der Waals surface area contributed by atoms with E-state index in [2.05, 4.69) is 42.5 Å². The Morgan fingerprint density at radius 2 is 1.68 bits per heavy atom. The van der Waals surface area contributed by atoms with Gasteiger partial charge in [-0.25, -0.2) is 4.98 Å². The number of nitrogens with two attached hydrogens (primary N) is 1. The third kappa shape index (κ3) is 1.78. The van der Waals surface area contributed by atoms with E-state index in [1.165, 1.54) is 5.56 Å². The highest BCUT2D eigenvalue weighted by Gasteiger charge is 2.12. The number of imidazole rings is 1. The van der Waals surface area contributed by atoms with E-state index in [4.69, 9.17) is 10.7 Å². The number of pyridine rings is 1. The van der Waals surface area contributed by atoms with Gasteiger partial charge in [0.1, 0.15) is 0 Å². The van der Waals surface area contributed by atoms with E-state index in [1.54, 1.807) is 0 Å². The van der Waals surface area contributed by atoms with Crippen molar-refractivity contribution >= 4 is 11.3 Å². The van der Waals surface area contributed by atoms with Crippen LogP contribution in [0.5, 0.6) is 0 Å². The lowest BCUT2D eigenvalue weighted by atomic mass is 10.1. The number of aryl methyl sites for hydroxylation is 3. The highest BCUT2D eigenvalue weighted by molar-refractivity contribution is 5.75. The number of anilines is 1. The van der Waals surface area contributed by atoms with Crippen LogP contribution in [0.2, 0.25) is 0 Å². The summed E-state index contributed by atoms with van der Waals surface area (Å²) < 4.78 is 2.05. The van der Waals surface area contributed by atoms with Crippen LogP contribution in [0.25, 0.3) is 16.9 Å². The zero-order valence-electron chi connectivity index (χ0n) is 11.4. The SMILES string of the molecule is Cc1ccc(-c2nc3c(N)c(C)ccn3c2C)cc1. The van der Waals surface area contributed by atoms with Crippen LogP contribution in [0.3, 0.4) is 0 Å². The fourth-order valence-electron chi connectivity index (χ4n) is 2.32. The first kappa shape index (κ1) is 11.8. The first-order valence-corrected chi connectivity index (χ1v) is 6.38. The highest BCUT2D eigenvalue weighted by Crippen LogP contribution is 2.27. The molecule has 3 rings (SSSR count). The molecule has 3 aromatic rings. The number of nitrogens with zero attached hydrogens (tertiary/aromatic N) is 2. The van der Waals surface area contributed by atoms with Gasteiger partial charge < -0.3 is 10.1 Å². The molecule has 2 aromatic heterocycles. The van der Waals surface area contributed by atoms with Gasteiger partial charge in [-0.15, -0.1) is 0 Å². The topological polar surface area (TPSA) is 43.3 Å². The molecular weight excluding hydrogens is 234 g/mol. The van der Waals surface area contributed by atoms with Crippen molar-refractivity contribution < 1.29 is 0 Å². The van der Waals surface area contributed by atoms with Crippen molar-refractivity contribution in [3.05, 3.63) is 53.3 Å². The monoisotopic (exact) mass is 251 g/mol. The molecule has 0 aliphatic carbocycles. The maximum Gasteiger partial charge on any atom is 0.161 e. The van der Waals surface area contributed by atoms with Crippen molar-refractivity contribution in [2.45, 2.75) is 20.8 Å². The standard InChI is InChI=1S/C16H17N3/c1-10-4-6-13(7-5-10)15-12(3)19-9-8-11(2)14(17)16(19)18-15/h4-9H,17H2,1-3H3. The first-order valence-electron chi connectivity index (χ1n) is 6.38. The van der Waals surface area contributed by atoms with E-state index in [-0.39, 0.29) is 0 Å². The van der Waals surface area contributed by atoms with E-state index in [1.807, 2.05) is 19.2 Å². The number of nitrogen functional groups attached to an aromatic ring is 1. The zero-order valence-corrected chi connectivity index (χ0v) is 11.4. The van der Waals surface area contributed by atoms with Crippen molar-refractivity contribution in [1.29, 1.82) is 0 Å². The van der Waals surface area contributed by atoms with E-state index >= 15 is 0 Å². The normalized spacial score (nSPS) is 11.1. The predicted molar refractivity (Wildman–Crippen MR) is 79.3 cm³/mol. The lowest BCUT2D eigenvalue weighted by Crippen LogP contribution is -1.96. The minimum Gasteiger partial charge on any atom is -0.395 e. The average molecular weight is 251 g/mol. The van der Waals surface area contributed by atoms with Crippen LogP contribution in [0.4, 0.5) is 5.69 Å². The maximum atomic E-state index is 6.12. The number of hydrogen-bond acceptors (Lipinski definition) is 2. The van der Waals surface area contributed by atoms with Crippen LogP contribution >= 0.6 is 0 Å². The Balaban J connectivity index is 2.28. The zero-order chi connectivity index (χ0) is 13.6. The lowest BCUT2D eigenvalue weighted by molar-refractivity contribution is 1.10. The number of benzene rings is 1. The van der Waals surface area contributed by atoms with Crippen LogP contribution in [0.15, 0.2) is 36.5 Å². The van der Waals surface area contributed by atoms with Gasteiger partial charge in [0.05, 0.1) is 11.4 Å². The van der Waals surface area contributed by atoms with Gasteiger partial charge in [-0.1, -0.05) is 29.8 Å². The molecule has 2 N–H and O–H groups in total. The Bertz CT molecular complexity index is 752. The van der Waals surface area contributed by atoms with E-state index < -0.39 is 0 Å². The van der Waals surface area contributed by atoms with Crippen molar-refractivity contribution in [3.63, 3.8) is 0 Å². The second kappa shape index (κ2) is 4.12. The minimum absolute atomic E-state index is 0.754. The predicted octanol–water partition coefficient (Wildman–Crippen LogP) is 3.51. The molecule has 0 saturated carbocycles. The Morgan fingerprint density at radius 3 is 2.37 bits per heavy atom. The van der Waals surface area contributed by atoms with E-state index in [0.29, 0.717) is 0 Å². The minimum atomic E-state index is 0.754. The summed E-state index contributed by atoms with van der Waals surface area (Å²) >= 11 is 0. The second-order valence-electron chi connectivity index (χ2n) is 5.02. The molecule has 3 nitrogen and oxygen atoms in total. The fraction of sp³-hybridized carbons (Fsp3) is 0.188. The molecule has 0 radical (unpaired) electrons. The van der Waals surface area contributed by atoms with Crippen molar-refractivity contribution in [2.75, 3.05) is 5.73 Å². The molecule has 3 heteroatoms. The van der Waals surface area contributed by atoms with Gasteiger partial charge in [0.2, 0.25) is 0 Å². The van der Waals surface area contributed by atoms with Gasteiger partial charge >= 0.3 is 0 Å². The summed E-state index contributed by atoms with van der Waals surface area (Å²) in [6.45, 7) is 6.16. The maximum absolute atomic E-state index is 6.12. The first-order chi connectivity index (χ1) is 9.08. The quantitative estimate of drug-likeness (QED) is 0.719. The largest absolute Gasteiger partial charge is 0.395 e. The number of aromatic nitrogens is 2. The van der Waals surface area contributed by atoms with Gasteiger partial charge in [-0.3, -0.25) is 0 Å². The molecule has 0 bridgehead atoms. The molecular formula is C16H17N3. The summed E-state index contributed by atoms with van der Waals surface area (Å²) in [4.78, 5) is 4.71. The molecule has 0 fully saturated rings. The second-order valence-corrected chi connectivity index (χ2v) is 5.02. The van der Waals surface area contributed by atoms with Gasteiger partial charge in [0.15, 0.2) is 5.65 Å². The summed E-state index contributed by atoms with van der Waals surface area (Å²) in [6, 6.07) is 10.4. The summed E-state index contributed by atoms with van der Waals surface area (Å²) in [5.41, 5.74) is 13.3. The van der Waals surface area contributed by atoms with Crippen molar-refractivity contribution in [2.24, 2.45) is 0 Å². The summed E-state index contributed by atoms with van der Waals surface area (Å²) in [5.74, 6) is 0. The summed E-state index contributed by atoms with van der Waals surface area (Å²) in [6.07, 6.45) is 2.03. The molecule has 96 valence electrons. The molecule has 1 aromatic carbocycles. The molecule has 0 saturated heterocycles. The van der Waals surface area contributed by atoms with Gasteiger partial charge in [-0.2, -0.15) is 0 Å². The molecule has 0 unspecified atom stereocenters. The smallest absolute Gasteiger partial charge is 0.161 e. The average Bonchev–Trinajstić information content (AvgIpc) is 2.73. The third-order valence-corrected chi connectivity index (χ3v) is 3.61. The Kier molecular flexibility index (Phi) is 2.56. The molecule has 19 heavy (non-hydrogen) atoms. The van der Waals surface area contributed by atoms with Crippen LogP contribution < -0.4 is 5.73 Å². The van der Waals surface area contributed by atoms with Crippen LogP contribution in [0, 0.1) is 20.8 Å². The van der Waals surface area contributed by atoms with Gasteiger partial charge in [0.25, 0.3) is 0 Å². The fourth-order valence-corrected chi connectivity index (χ4v) is 2.32. The molecule has 0 atom stereocenters. The molecule has 2 heterocycles. The Labute approximate surface area is 112 Å². The number of fused-ring (bicyclic) bond motifs is 1. The highest BCUT2D eigenvalue weighted by atomic mass is 15.0. The van der Waals surface area contributed by atoms with Crippen molar-refractivity contribution in [3.8, 4) is 11.3 Å². The molecule has 0 spiro atoms. The van der Waals surface area contributed by atoms with Gasteiger partial charge in [-0.05, 0) is 32.4 Å². The van der Waals surface area contributed by atoms with E-state index in [9.17, 15) is 0 Å².